The number of amides is 1. The molecule has 0 aromatic carbocycles. The van der Waals surface area contributed by atoms with Crippen LogP contribution >= 0.6 is 23.7 Å². The van der Waals surface area contributed by atoms with Gasteiger partial charge in [-0.25, -0.2) is 0 Å². The van der Waals surface area contributed by atoms with Crippen LogP contribution in [-0.4, -0.2) is 46.6 Å². The van der Waals surface area contributed by atoms with Gasteiger partial charge < -0.3 is 14.7 Å². The zero-order valence-electron chi connectivity index (χ0n) is 13.7. The standard InChI is InChI=1S/C16H22N4O2S.ClH/c1-2-9-20(12-7-8-17-11-12)15(21)6-5-14-18-16(19-22-14)13-4-3-10-23-13;/h3-4,10,12,17H,2,5-9,11H2,1H3;1H. The molecule has 1 N–H and O–H groups in total. The minimum absolute atomic E-state index is 0. The summed E-state index contributed by atoms with van der Waals surface area (Å²) in [7, 11) is 0. The van der Waals surface area contributed by atoms with Crippen LogP contribution in [0.4, 0.5) is 0 Å². The lowest BCUT2D eigenvalue weighted by Crippen LogP contribution is -2.42. The van der Waals surface area contributed by atoms with E-state index in [2.05, 4.69) is 22.4 Å². The number of hydrogen-bond donors (Lipinski definition) is 1. The lowest BCUT2D eigenvalue weighted by Gasteiger charge is -2.28. The SMILES string of the molecule is CCCN(C(=O)CCc1nc(-c2cccs2)no1)C1CCNC1.Cl. The highest BCUT2D eigenvalue weighted by Crippen LogP contribution is 2.21. The third-order valence-electron chi connectivity index (χ3n) is 4.02. The van der Waals surface area contributed by atoms with Gasteiger partial charge in [-0.15, -0.1) is 23.7 Å². The Balaban J connectivity index is 0.00000208. The van der Waals surface area contributed by atoms with E-state index in [9.17, 15) is 4.79 Å². The summed E-state index contributed by atoms with van der Waals surface area (Å²) in [6, 6.07) is 4.24. The van der Waals surface area contributed by atoms with Gasteiger partial charge >= 0.3 is 0 Å². The van der Waals surface area contributed by atoms with E-state index in [1.165, 1.54) is 0 Å². The molecule has 132 valence electrons. The maximum atomic E-state index is 12.5. The first kappa shape index (κ1) is 18.9. The molecule has 1 atom stereocenters. The number of carbonyl (C=O) groups excluding carboxylic acids is 1. The second-order valence-electron chi connectivity index (χ2n) is 5.72. The molecule has 2 aromatic rings. The first-order valence-electron chi connectivity index (χ1n) is 8.14. The summed E-state index contributed by atoms with van der Waals surface area (Å²) < 4.78 is 5.27. The van der Waals surface area contributed by atoms with Crippen molar-refractivity contribution in [3.8, 4) is 10.7 Å². The van der Waals surface area contributed by atoms with Crippen LogP contribution in [0, 0.1) is 0 Å². The largest absolute Gasteiger partial charge is 0.339 e. The third kappa shape index (κ3) is 4.55. The van der Waals surface area contributed by atoms with E-state index in [1.54, 1.807) is 11.3 Å². The van der Waals surface area contributed by atoms with E-state index in [0.29, 0.717) is 30.6 Å². The van der Waals surface area contributed by atoms with Crippen LogP contribution in [0.25, 0.3) is 10.7 Å². The number of rotatable bonds is 7. The molecule has 1 aliphatic rings. The van der Waals surface area contributed by atoms with Crippen molar-refractivity contribution in [3.63, 3.8) is 0 Å². The molecule has 0 aliphatic carbocycles. The van der Waals surface area contributed by atoms with Crippen molar-refractivity contribution in [2.45, 2.75) is 38.6 Å². The van der Waals surface area contributed by atoms with E-state index in [0.717, 1.165) is 37.4 Å². The number of aryl methyl sites for hydroxylation is 1. The number of nitrogens with zero attached hydrogens (tertiary/aromatic N) is 3. The van der Waals surface area contributed by atoms with Gasteiger partial charge in [-0.1, -0.05) is 18.1 Å². The van der Waals surface area contributed by atoms with Gasteiger partial charge in [0.15, 0.2) is 0 Å². The summed E-state index contributed by atoms with van der Waals surface area (Å²) in [5.74, 6) is 1.31. The molecule has 24 heavy (non-hydrogen) atoms. The molecule has 0 saturated carbocycles. The fourth-order valence-electron chi connectivity index (χ4n) is 2.88. The Kier molecular flexibility index (Phi) is 7.20. The second-order valence-corrected chi connectivity index (χ2v) is 6.67. The van der Waals surface area contributed by atoms with E-state index in [1.807, 2.05) is 22.4 Å². The number of halogens is 1. The summed E-state index contributed by atoms with van der Waals surface area (Å²) in [6.07, 6.45) is 2.93. The molecular weight excluding hydrogens is 348 g/mol. The third-order valence-corrected chi connectivity index (χ3v) is 4.89. The molecule has 1 unspecified atom stereocenters. The van der Waals surface area contributed by atoms with E-state index in [4.69, 9.17) is 4.52 Å². The van der Waals surface area contributed by atoms with Gasteiger partial charge in [-0.2, -0.15) is 4.98 Å². The molecule has 3 rings (SSSR count). The highest BCUT2D eigenvalue weighted by atomic mass is 35.5. The Morgan fingerprint density at radius 1 is 1.54 bits per heavy atom. The minimum Gasteiger partial charge on any atom is -0.339 e. The lowest BCUT2D eigenvalue weighted by molar-refractivity contribution is -0.133. The van der Waals surface area contributed by atoms with Crippen LogP contribution in [-0.2, 0) is 11.2 Å². The number of aromatic nitrogens is 2. The van der Waals surface area contributed by atoms with Crippen molar-refractivity contribution in [2.75, 3.05) is 19.6 Å². The van der Waals surface area contributed by atoms with Crippen LogP contribution in [0.1, 0.15) is 32.1 Å². The molecule has 1 fully saturated rings. The predicted octanol–water partition coefficient (Wildman–Crippen LogP) is 2.75. The Morgan fingerprint density at radius 3 is 3.08 bits per heavy atom. The van der Waals surface area contributed by atoms with Crippen LogP contribution in [0.2, 0.25) is 0 Å². The number of nitrogens with one attached hydrogen (secondary N) is 1. The summed E-state index contributed by atoms with van der Waals surface area (Å²) in [5.41, 5.74) is 0. The minimum atomic E-state index is 0. The highest BCUT2D eigenvalue weighted by Gasteiger charge is 2.25. The predicted molar refractivity (Wildman–Crippen MR) is 96.5 cm³/mol. The fourth-order valence-corrected chi connectivity index (χ4v) is 3.53. The monoisotopic (exact) mass is 370 g/mol. The van der Waals surface area contributed by atoms with Crippen LogP contribution in [0.15, 0.2) is 22.0 Å². The lowest BCUT2D eigenvalue weighted by atomic mass is 10.1. The molecule has 0 spiro atoms. The molecule has 2 aromatic heterocycles. The molecule has 0 bridgehead atoms. The molecule has 3 heterocycles. The second kappa shape index (κ2) is 9.15. The zero-order chi connectivity index (χ0) is 16.1. The summed E-state index contributed by atoms with van der Waals surface area (Å²) in [4.78, 5) is 19.9. The molecular formula is C16H23ClN4O2S. The average molecular weight is 371 g/mol. The van der Waals surface area contributed by atoms with E-state index >= 15 is 0 Å². The van der Waals surface area contributed by atoms with Crippen molar-refractivity contribution in [3.05, 3.63) is 23.4 Å². The highest BCUT2D eigenvalue weighted by molar-refractivity contribution is 7.13. The van der Waals surface area contributed by atoms with E-state index in [-0.39, 0.29) is 18.3 Å². The molecule has 0 radical (unpaired) electrons. The van der Waals surface area contributed by atoms with Crippen molar-refractivity contribution in [1.82, 2.24) is 20.4 Å². The smallest absolute Gasteiger partial charge is 0.227 e. The first-order valence-corrected chi connectivity index (χ1v) is 9.02. The normalized spacial score (nSPS) is 16.8. The number of carbonyl (C=O) groups is 1. The average Bonchev–Trinajstić information content (AvgIpc) is 3.32. The van der Waals surface area contributed by atoms with E-state index < -0.39 is 0 Å². The maximum absolute atomic E-state index is 12.5. The quantitative estimate of drug-likeness (QED) is 0.811. The summed E-state index contributed by atoms with van der Waals surface area (Å²) in [5, 5.41) is 9.29. The van der Waals surface area contributed by atoms with Gasteiger partial charge in [0.25, 0.3) is 0 Å². The van der Waals surface area contributed by atoms with Crippen LogP contribution < -0.4 is 5.32 Å². The molecule has 1 saturated heterocycles. The Hall–Kier alpha value is -1.44. The van der Waals surface area contributed by atoms with Crippen molar-refractivity contribution < 1.29 is 9.32 Å². The Labute approximate surface area is 152 Å². The van der Waals surface area contributed by atoms with Gasteiger partial charge in [0.1, 0.15) is 0 Å². The van der Waals surface area contributed by atoms with Gasteiger partial charge in [-0.05, 0) is 30.8 Å². The Bertz CT molecular complexity index is 626. The van der Waals surface area contributed by atoms with Gasteiger partial charge in [0.05, 0.1) is 4.88 Å². The van der Waals surface area contributed by atoms with Crippen LogP contribution in [0.5, 0.6) is 0 Å². The zero-order valence-corrected chi connectivity index (χ0v) is 15.4. The van der Waals surface area contributed by atoms with Crippen molar-refractivity contribution in [2.24, 2.45) is 0 Å². The molecule has 1 aliphatic heterocycles. The van der Waals surface area contributed by atoms with Gasteiger partial charge in [0.2, 0.25) is 17.6 Å². The number of hydrogen-bond acceptors (Lipinski definition) is 6. The van der Waals surface area contributed by atoms with Crippen molar-refractivity contribution in [1.29, 1.82) is 0 Å². The molecule has 6 nitrogen and oxygen atoms in total. The van der Waals surface area contributed by atoms with Crippen LogP contribution in [0.3, 0.4) is 0 Å². The maximum Gasteiger partial charge on any atom is 0.227 e. The number of thiophene rings is 1. The van der Waals surface area contributed by atoms with Gasteiger partial charge in [-0.3, -0.25) is 4.79 Å². The fraction of sp³-hybridized carbons (Fsp3) is 0.562. The van der Waals surface area contributed by atoms with Crippen molar-refractivity contribution >= 4 is 29.7 Å². The van der Waals surface area contributed by atoms with Gasteiger partial charge in [0, 0.05) is 32.0 Å². The topological polar surface area (TPSA) is 71.3 Å². The summed E-state index contributed by atoms with van der Waals surface area (Å²) in [6.45, 7) is 4.81. The Morgan fingerprint density at radius 2 is 2.42 bits per heavy atom. The first-order chi connectivity index (χ1) is 11.3. The molecule has 8 heteroatoms. The molecule has 1 amide bonds. The summed E-state index contributed by atoms with van der Waals surface area (Å²) >= 11 is 1.57.